The molecule has 0 heterocycles. The van der Waals surface area contributed by atoms with E-state index in [0.717, 1.165) is 35.4 Å². The van der Waals surface area contributed by atoms with Gasteiger partial charge in [-0.3, -0.25) is 0 Å². The molecule has 1 aliphatic rings. The maximum atomic E-state index is 6.86. The molecule has 3 rings (SSSR count). The number of benzene rings is 2. The molecule has 29 heavy (non-hydrogen) atoms. The summed E-state index contributed by atoms with van der Waals surface area (Å²) in [6.07, 6.45) is 12.3. The molecule has 1 nitrogen and oxygen atoms in total. The van der Waals surface area contributed by atoms with Gasteiger partial charge in [-0.2, -0.15) is 0 Å². The third kappa shape index (κ3) is 4.63. The second-order valence-corrected chi connectivity index (χ2v) is 8.06. The molecule has 2 aromatic carbocycles. The van der Waals surface area contributed by atoms with Crippen LogP contribution in [0.2, 0.25) is 0 Å². The second-order valence-electron chi connectivity index (χ2n) is 7.65. The van der Waals surface area contributed by atoms with E-state index < -0.39 is 5.41 Å². The van der Waals surface area contributed by atoms with Gasteiger partial charge in [-0.25, -0.2) is 0 Å². The van der Waals surface area contributed by atoms with Crippen molar-refractivity contribution in [3.8, 4) is 0 Å². The highest BCUT2D eigenvalue weighted by molar-refractivity contribution is 6.32. The SMILES string of the molecule is C=C(CN)CC(C1=C(Cl)C=CCC=C1)(c1ccccc1)c1ccc(CCC)cc1. The van der Waals surface area contributed by atoms with Crippen LogP contribution in [0, 0.1) is 0 Å². The van der Waals surface area contributed by atoms with Gasteiger partial charge in [0.05, 0.1) is 5.41 Å². The van der Waals surface area contributed by atoms with Crippen molar-refractivity contribution in [1.82, 2.24) is 0 Å². The van der Waals surface area contributed by atoms with Crippen molar-refractivity contribution in [3.63, 3.8) is 0 Å². The number of aryl methyl sites for hydroxylation is 1. The predicted molar refractivity (Wildman–Crippen MR) is 126 cm³/mol. The Morgan fingerprint density at radius 2 is 1.66 bits per heavy atom. The van der Waals surface area contributed by atoms with Gasteiger partial charge in [-0.1, -0.05) is 110 Å². The van der Waals surface area contributed by atoms with Gasteiger partial charge in [0.25, 0.3) is 0 Å². The summed E-state index contributed by atoms with van der Waals surface area (Å²) in [6, 6.07) is 19.6. The lowest BCUT2D eigenvalue weighted by Gasteiger charge is -2.38. The molecule has 0 spiro atoms. The molecule has 2 N–H and O–H groups in total. The molecule has 1 atom stereocenters. The molecule has 0 fully saturated rings. The zero-order valence-corrected chi connectivity index (χ0v) is 18.0. The molecule has 0 radical (unpaired) electrons. The Balaban J connectivity index is 2.30. The van der Waals surface area contributed by atoms with Crippen LogP contribution >= 0.6 is 11.6 Å². The van der Waals surface area contributed by atoms with E-state index in [0.29, 0.717) is 13.0 Å². The van der Waals surface area contributed by atoms with Crippen LogP contribution in [0.3, 0.4) is 0 Å². The lowest BCUT2D eigenvalue weighted by atomic mass is 9.65. The molecule has 2 heteroatoms. The van der Waals surface area contributed by atoms with Gasteiger partial charge in [0.1, 0.15) is 0 Å². The number of halogens is 1. The Bertz CT molecular complexity index is 919. The lowest BCUT2D eigenvalue weighted by Crippen LogP contribution is -2.32. The summed E-state index contributed by atoms with van der Waals surface area (Å²) < 4.78 is 0. The molecule has 1 aliphatic carbocycles. The Morgan fingerprint density at radius 1 is 1.00 bits per heavy atom. The van der Waals surface area contributed by atoms with E-state index >= 15 is 0 Å². The van der Waals surface area contributed by atoms with Crippen LogP contribution in [-0.2, 0) is 11.8 Å². The predicted octanol–water partition coefficient (Wildman–Crippen LogP) is 6.84. The maximum absolute atomic E-state index is 6.86. The minimum atomic E-state index is -0.440. The lowest BCUT2D eigenvalue weighted by molar-refractivity contribution is 0.601. The molecule has 1 unspecified atom stereocenters. The first-order chi connectivity index (χ1) is 14.1. The summed E-state index contributed by atoms with van der Waals surface area (Å²) in [5.74, 6) is 0. The molecule has 0 amide bonds. The minimum absolute atomic E-state index is 0.440. The summed E-state index contributed by atoms with van der Waals surface area (Å²) in [7, 11) is 0. The molecule has 0 aromatic heterocycles. The number of nitrogens with two attached hydrogens (primary N) is 1. The van der Waals surface area contributed by atoms with Gasteiger partial charge in [-0.05, 0) is 47.6 Å². The van der Waals surface area contributed by atoms with Crippen LogP contribution in [0.1, 0.15) is 42.9 Å². The van der Waals surface area contributed by atoms with Gasteiger partial charge in [0.15, 0.2) is 0 Å². The van der Waals surface area contributed by atoms with E-state index in [1.807, 2.05) is 6.08 Å². The summed E-state index contributed by atoms with van der Waals surface area (Å²) in [6.45, 7) is 6.93. The monoisotopic (exact) mass is 403 g/mol. The van der Waals surface area contributed by atoms with Gasteiger partial charge in [-0.15, -0.1) is 0 Å². The Labute approximate surface area is 180 Å². The largest absolute Gasteiger partial charge is 0.327 e. The first-order valence-corrected chi connectivity index (χ1v) is 10.7. The topological polar surface area (TPSA) is 26.0 Å². The standard InChI is InChI=1S/C27H30ClN/c1-3-10-22-15-17-24(18-16-22)27(19-21(2)20-29,23-11-6-4-7-12-23)25-13-8-5-9-14-26(25)28/h4,6-9,11-18H,2-3,5,10,19-20,29H2,1H3. The van der Waals surface area contributed by atoms with Crippen LogP contribution < -0.4 is 5.73 Å². The summed E-state index contributed by atoms with van der Waals surface area (Å²) in [5, 5.41) is 0.769. The van der Waals surface area contributed by atoms with Gasteiger partial charge in [0.2, 0.25) is 0 Å². The minimum Gasteiger partial charge on any atom is -0.327 e. The molecule has 0 aliphatic heterocycles. The van der Waals surface area contributed by atoms with Gasteiger partial charge in [0, 0.05) is 11.6 Å². The summed E-state index contributed by atoms with van der Waals surface area (Å²) >= 11 is 6.86. The Morgan fingerprint density at radius 3 is 2.31 bits per heavy atom. The molecule has 2 aromatic rings. The maximum Gasteiger partial charge on any atom is 0.0503 e. The van der Waals surface area contributed by atoms with E-state index in [1.54, 1.807) is 0 Å². The summed E-state index contributed by atoms with van der Waals surface area (Å²) in [5.41, 5.74) is 11.4. The Kier molecular flexibility index (Phi) is 7.30. The van der Waals surface area contributed by atoms with E-state index in [2.05, 4.69) is 86.3 Å². The fraction of sp³-hybridized carbons (Fsp3) is 0.259. The number of hydrogen-bond acceptors (Lipinski definition) is 1. The van der Waals surface area contributed by atoms with Crippen molar-refractivity contribution < 1.29 is 0 Å². The van der Waals surface area contributed by atoms with Gasteiger partial charge >= 0.3 is 0 Å². The van der Waals surface area contributed by atoms with E-state index in [1.165, 1.54) is 16.7 Å². The number of hydrogen-bond donors (Lipinski definition) is 1. The molecular formula is C27H30ClN. The average molecular weight is 404 g/mol. The van der Waals surface area contributed by atoms with Gasteiger partial charge < -0.3 is 5.73 Å². The van der Waals surface area contributed by atoms with Crippen molar-refractivity contribution in [1.29, 1.82) is 0 Å². The van der Waals surface area contributed by atoms with Crippen LogP contribution in [-0.4, -0.2) is 6.54 Å². The highest BCUT2D eigenvalue weighted by Crippen LogP contribution is 2.47. The third-order valence-electron chi connectivity index (χ3n) is 5.59. The quantitative estimate of drug-likeness (QED) is 0.479. The van der Waals surface area contributed by atoms with E-state index in [9.17, 15) is 0 Å². The van der Waals surface area contributed by atoms with Crippen LogP contribution in [0.4, 0.5) is 0 Å². The van der Waals surface area contributed by atoms with E-state index in [-0.39, 0.29) is 0 Å². The third-order valence-corrected chi connectivity index (χ3v) is 5.92. The fourth-order valence-electron chi connectivity index (χ4n) is 4.14. The first-order valence-electron chi connectivity index (χ1n) is 10.4. The van der Waals surface area contributed by atoms with Crippen molar-refractivity contribution in [3.05, 3.63) is 118 Å². The number of allylic oxidation sites excluding steroid dienone is 6. The van der Waals surface area contributed by atoms with Crippen molar-refractivity contribution >= 4 is 11.6 Å². The average Bonchev–Trinajstić information content (AvgIpc) is 2.98. The molecular weight excluding hydrogens is 374 g/mol. The zero-order valence-electron chi connectivity index (χ0n) is 17.2. The second kappa shape index (κ2) is 9.91. The number of rotatable bonds is 8. The van der Waals surface area contributed by atoms with Crippen LogP contribution in [0.5, 0.6) is 0 Å². The van der Waals surface area contributed by atoms with Crippen LogP contribution in [0.25, 0.3) is 0 Å². The van der Waals surface area contributed by atoms with Crippen molar-refractivity contribution in [2.75, 3.05) is 6.54 Å². The summed E-state index contributed by atoms with van der Waals surface area (Å²) in [4.78, 5) is 0. The highest BCUT2D eigenvalue weighted by atomic mass is 35.5. The molecule has 150 valence electrons. The normalized spacial score (nSPS) is 15.8. The van der Waals surface area contributed by atoms with Crippen LogP contribution in [0.15, 0.2) is 102 Å². The zero-order chi connectivity index (χ0) is 20.7. The van der Waals surface area contributed by atoms with E-state index in [4.69, 9.17) is 17.3 Å². The smallest absolute Gasteiger partial charge is 0.0503 e. The van der Waals surface area contributed by atoms with Crippen molar-refractivity contribution in [2.24, 2.45) is 5.73 Å². The first kappa shape index (κ1) is 21.4. The molecule has 0 saturated heterocycles. The Hall–Kier alpha value is -2.35. The fourth-order valence-corrected chi connectivity index (χ4v) is 4.46. The molecule has 0 bridgehead atoms. The van der Waals surface area contributed by atoms with Crippen molar-refractivity contribution in [2.45, 2.75) is 38.0 Å². The molecule has 0 saturated carbocycles. The highest BCUT2D eigenvalue weighted by Gasteiger charge is 2.39.